The van der Waals surface area contributed by atoms with Crippen LogP contribution in [0.15, 0.2) is 36.8 Å². The molecule has 6 N–H and O–H groups in total. The maximum Gasteiger partial charge on any atom is 0.252 e. The van der Waals surface area contributed by atoms with Crippen molar-refractivity contribution < 1.29 is 9.18 Å². The van der Waals surface area contributed by atoms with Gasteiger partial charge in [0.25, 0.3) is 5.91 Å². The molecule has 3 heterocycles. The number of halogens is 1. The molecule has 0 aromatic carbocycles. The average molecular weight is 383 g/mol. The number of carbonyl (C=O) groups excluding carboxylic acids is 1. The van der Waals surface area contributed by atoms with E-state index in [4.69, 9.17) is 11.5 Å². The van der Waals surface area contributed by atoms with Crippen LogP contribution in [0.4, 0.5) is 21.7 Å². The van der Waals surface area contributed by atoms with E-state index >= 15 is 0 Å². The average Bonchev–Trinajstić information content (AvgIpc) is 3.15. The molecule has 0 saturated heterocycles. The van der Waals surface area contributed by atoms with Crippen molar-refractivity contribution in [3.8, 4) is 0 Å². The van der Waals surface area contributed by atoms with Crippen LogP contribution in [0.5, 0.6) is 0 Å². The Hall–Kier alpha value is -3.20. The van der Waals surface area contributed by atoms with E-state index in [1.807, 2.05) is 16.7 Å². The first-order valence-corrected chi connectivity index (χ1v) is 9.24. The summed E-state index contributed by atoms with van der Waals surface area (Å²) in [5.74, 6) is -1.21. The number of aromatic nitrogens is 3. The van der Waals surface area contributed by atoms with E-state index in [9.17, 15) is 9.18 Å². The van der Waals surface area contributed by atoms with Crippen molar-refractivity contribution in [3.05, 3.63) is 48.2 Å². The minimum Gasteiger partial charge on any atom is -0.365 e. The maximum absolute atomic E-state index is 14.6. The maximum atomic E-state index is 14.6. The number of imidazole rings is 1. The zero-order valence-corrected chi connectivity index (χ0v) is 15.2. The van der Waals surface area contributed by atoms with Gasteiger partial charge in [0.05, 0.1) is 11.3 Å². The standard InChI is InChI=1S/C19H22FN7O/c20-12-10-11(16(22)28)17(25-15-6-3-8-27-9-7-23-19(15)27)26-18(12)24-14-5-2-1-4-13(14)21/h3,6-10,13-14H,1-2,4-5,21H2,(H2,22,28)(H2,24,25,26)/t13-,14?/m0/s1. The molecule has 0 radical (unpaired) electrons. The molecule has 0 aliphatic heterocycles. The van der Waals surface area contributed by atoms with Crippen LogP contribution in [0.3, 0.4) is 0 Å². The predicted octanol–water partition coefficient (Wildman–Crippen LogP) is 2.39. The van der Waals surface area contributed by atoms with Crippen molar-refractivity contribution in [1.82, 2.24) is 14.4 Å². The summed E-state index contributed by atoms with van der Waals surface area (Å²) in [6.07, 6.45) is 9.12. The Labute approximate surface area is 161 Å². The highest BCUT2D eigenvalue weighted by Crippen LogP contribution is 2.27. The number of anilines is 3. The van der Waals surface area contributed by atoms with Crippen LogP contribution in [0.2, 0.25) is 0 Å². The zero-order valence-electron chi connectivity index (χ0n) is 15.2. The lowest BCUT2D eigenvalue weighted by Gasteiger charge is -2.30. The van der Waals surface area contributed by atoms with Gasteiger partial charge in [-0.15, -0.1) is 0 Å². The van der Waals surface area contributed by atoms with E-state index in [1.165, 1.54) is 0 Å². The van der Waals surface area contributed by atoms with Gasteiger partial charge in [-0.1, -0.05) is 12.8 Å². The van der Waals surface area contributed by atoms with Gasteiger partial charge in [-0.3, -0.25) is 4.79 Å². The van der Waals surface area contributed by atoms with Crippen LogP contribution >= 0.6 is 0 Å². The molecule has 0 spiro atoms. The quantitative estimate of drug-likeness (QED) is 0.536. The van der Waals surface area contributed by atoms with E-state index < -0.39 is 11.7 Å². The van der Waals surface area contributed by atoms with Gasteiger partial charge >= 0.3 is 0 Å². The fourth-order valence-electron chi connectivity index (χ4n) is 3.56. The molecule has 146 valence electrons. The van der Waals surface area contributed by atoms with E-state index in [0.717, 1.165) is 31.7 Å². The number of pyridine rings is 2. The van der Waals surface area contributed by atoms with Crippen LogP contribution in [0, 0.1) is 5.82 Å². The van der Waals surface area contributed by atoms with E-state index in [0.29, 0.717) is 11.3 Å². The molecule has 8 nitrogen and oxygen atoms in total. The summed E-state index contributed by atoms with van der Waals surface area (Å²) in [6.45, 7) is 0. The summed E-state index contributed by atoms with van der Waals surface area (Å²) in [6, 6.07) is 4.58. The number of hydrogen-bond acceptors (Lipinski definition) is 6. The third kappa shape index (κ3) is 3.48. The Morgan fingerprint density at radius 2 is 2.07 bits per heavy atom. The molecule has 1 amide bonds. The lowest BCUT2D eigenvalue weighted by molar-refractivity contribution is 0.100. The largest absolute Gasteiger partial charge is 0.365 e. The van der Waals surface area contributed by atoms with E-state index in [-0.39, 0.29) is 29.3 Å². The fraction of sp³-hybridized carbons (Fsp3) is 0.316. The molecule has 1 saturated carbocycles. The second-order valence-corrected chi connectivity index (χ2v) is 6.98. The third-order valence-electron chi connectivity index (χ3n) is 5.06. The van der Waals surface area contributed by atoms with Gasteiger partial charge in [-0.25, -0.2) is 14.4 Å². The van der Waals surface area contributed by atoms with Crippen molar-refractivity contribution in [3.63, 3.8) is 0 Å². The Morgan fingerprint density at radius 3 is 2.86 bits per heavy atom. The molecule has 1 aliphatic carbocycles. The molecule has 3 aromatic heterocycles. The number of nitrogens with zero attached hydrogens (tertiary/aromatic N) is 3. The highest BCUT2D eigenvalue weighted by molar-refractivity contribution is 5.99. The number of hydrogen-bond donors (Lipinski definition) is 4. The van der Waals surface area contributed by atoms with Crippen molar-refractivity contribution in [2.45, 2.75) is 37.8 Å². The summed E-state index contributed by atoms with van der Waals surface area (Å²) in [4.78, 5) is 20.4. The minimum atomic E-state index is -0.773. The molecule has 3 aromatic rings. The predicted molar refractivity (Wildman–Crippen MR) is 105 cm³/mol. The van der Waals surface area contributed by atoms with Gasteiger partial charge in [-0.05, 0) is 31.0 Å². The molecular weight excluding hydrogens is 361 g/mol. The summed E-state index contributed by atoms with van der Waals surface area (Å²) >= 11 is 0. The smallest absolute Gasteiger partial charge is 0.252 e. The summed E-state index contributed by atoms with van der Waals surface area (Å²) in [5, 5.41) is 6.17. The Morgan fingerprint density at radius 1 is 1.25 bits per heavy atom. The summed E-state index contributed by atoms with van der Waals surface area (Å²) < 4.78 is 16.4. The second kappa shape index (κ2) is 7.43. The Kier molecular flexibility index (Phi) is 4.82. The highest BCUT2D eigenvalue weighted by Gasteiger charge is 2.24. The summed E-state index contributed by atoms with van der Waals surface area (Å²) in [5.41, 5.74) is 12.8. The second-order valence-electron chi connectivity index (χ2n) is 6.98. The number of nitrogens with two attached hydrogens (primary N) is 2. The van der Waals surface area contributed by atoms with Crippen LogP contribution in [0.1, 0.15) is 36.0 Å². The van der Waals surface area contributed by atoms with Crippen LogP contribution in [-0.2, 0) is 0 Å². The van der Waals surface area contributed by atoms with E-state index in [2.05, 4.69) is 20.6 Å². The van der Waals surface area contributed by atoms with Gasteiger partial charge < -0.3 is 26.5 Å². The molecule has 2 atom stereocenters. The number of amides is 1. The SMILES string of the molecule is NC(=O)c1cc(F)c(NC2CCCC[C@@H]2N)nc1Nc1cccn2ccnc12. The molecule has 1 aliphatic rings. The summed E-state index contributed by atoms with van der Waals surface area (Å²) in [7, 11) is 0. The van der Waals surface area contributed by atoms with Gasteiger partial charge in [0.15, 0.2) is 17.3 Å². The number of primary amides is 1. The fourth-order valence-corrected chi connectivity index (χ4v) is 3.56. The highest BCUT2D eigenvalue weighted by atomic mass is 19.1. The molecule has 1 fully saturated rings. The topological polar surface area (TPSA) is 123 Å². The molecule has 9 heteroatoms. The first-order chi connectivity index (χ1) is 13.5. The van der Waals surface area contributed by atoms with Crippen molar-refractivity contribution in [2.75, 3.05) is 10.6 Å². The van der Waals surface area contributed by atoms with Gasteiger partial charge in [-0.2, -0.15) is 0 Å². The zero-order chi connectivity index (χ0) is 19.7. The number of rotatable bonds is 5. The molecule has 1 unspecified atom stereocenters. The van der Waals surface area contributed by atoms with Crippen LogP contribution < -0.4 is 22.1 Å². The van der Waals surface area contributed by atoms with Crippen molar-refractivity contribution in [2.24, 2.45) is 11.5 Å². The third-order valence-corrected chi connectivity index (χ3v) is 5.06. The Balaban J connectivity index is 1.70. The normalized spacial score (nSPS) is 19.5. The van der Waals surface area contributed by atoms with Crippen molar-refractivity contribution in [1.29, 1.82) is 0 Å². The monoisotopic (exact) mass is 383 g/mol. The lowest BCUT2D eigenvalue weighted by atomic mass is 9.91. The van der Waals surface area contributed by atoms with Gasteiger partial charge in [0.1, 0.15) is 5.82 Å². The van der Waals surface area contributed by atoms with E-state index in [1.54, 1.807) is 18.5 Å². The van der Waals surface area contributed by atoms with Crippen LogP contribution in [-0.4, -0.2) is 32.4 Å². The number of fused-ring (bicyclic) bond motifs is 1. The number of nitrogens with one attached hydrogen (secondary N) is 2. The molecule has 0 bridgehead atoms. The van der Waals surface area contributed by atoms with Crippen LogP contribution in [0.25, 0.3) is 5.65 Å². The minimum absolute atomic E-state index is 0.0375. The first kappa shape index (κ1) is 18.2. The van der Waals surface area contributed by atoms with Gasteiger partial charge in [0, 0.05) is 30.7 Å². The van der Waals surface area contributed by atoms with Crippen molar-refractivity contribution >= 4 is 28.9 Å². The van der Waals surface area contributed by atoms with Gasteiger partial charge in [0.2, 0.25) is 0 Å². The number of carbonyl (C=O) groups is 1. The molecule has 28 heavy (non-hydrogen) atoms. The molecule has 4 rings (SSSR count). The Bertz CT molecular complexity index is 1020. The first-order valence-electron chi connectivity index (χ1n) is 9.24. The molecular formula is C19H22FN7O. The lowest BCUT2D eigenvalue weighted by Crippen LogP contribution is -2.43.